The van der Waals surface area contributed by atoms with E-state index in [2.05, 4.69) is 10.1 Å². The van der Waals surface area contributed by atoms with E-state index in [0.29, 0.717) is 33.8 Å². The summed E-state index contributed by atoms with van der Waals surface area (Å²) in [4.78, 5) is 18.2. The number of benzene rings is 4. The number of hydrogen-bond donors (Lipinski definition) is 0. The molecule has 0 radical (unpaired) electrons. The molecule has 1 amide bonds. The monoisotopic (exact) mass is 588 g/mol. The van der Waals surface area contributed by atoms with Crippen LogP contribution in [0.15, 0.2) is 107 Å². The molecule has 0 fully saturated rings. The fourth-order valence-electron chi connectivity index (χ4n) is 3.93. The first kappa shape index (κ1) is 27.9. The number of para-hydroxylation sites is 1. The van der Waals surface area contributed by atoms with Crippen molar-refractivity contribution in [2.24, 2.45) is 5.10 Å². The Bertz CT molecular complexity index is 1810. The lowest BCUT2D eigenvalue weighted by molar-refractivity contribution is 0.0987. The fraction of sp³-hybridized carbons (Fsp3) is 0.100. The van der Waals surface area contributed by atoms with Crippen LogP contribution in [0.4, 0.5) is 15.2 Å². The number of carbonyl (C=O) groups is 1. The van der Waals surface area contributed by atoms with Gasteiger partial charge in [0.05, 0.1) is 33.6 Å². The van der Waals surface area contributed by atoms with Crippen LogP contribution in [0.2, 0.25) is 0 Å². The first-order valence-electron chi connectivity index (χ1n) is 12.6. The van der Waals surface area contributed by atoms with Crippen molar-refractivity contribution in [3.63, 3.8) is 0 Å². The minimum absolute atomic E-state index is 0.0281. The molecule has 0 atom stereocenters. The van der Waals surface area contributed by atoms with E-state index in [4.69, 9.17) is 4.74 Å². The molecule has 0 spiro atoms. The normalized spacial score (nSPS) is 11.6. The van der Waals surface area contributed by atoms with Gasteiger partial charge in [0, 0.05) is 12.6 Å². The van der Waals surface area contributed by atoms with Crippen molar-refractivity contribution in [3.05, 3.63) is 114 Å². The zero-order valence-electron chi connectivity index (χ0n) is 22.1. The van der Waals surface area contributed by atoms with Crippen LogP contribution in [0.25, 0.3) is 10.2 Å². The van der Waals surface area contributed by atoms with E-state index < -0.39 is 21.7 Å². The molecule has 208 valence electrons. The van der Waals surface area contributed by atoms with Crippen molar-refractivity contribution in [3.8, 4) is 5.75 Å². The predicted molar refractivity (Wildman–Crippen MR) is 160 cm³/mol. The third-order valence-electron chi connectivity index (χ3n) is 6.11. The smallest absolute Gasteiger partial charge is 0.280 e. The summed E-state index contributed by atoms with van der Waals surface area (Å²) in [5, 5.41) is 5.78. The van der Waals surface area contributed by atoms with Gasteiger partial charge in [-0.15, -0.1) is 0 Å². The average molecular weight is 589 g/mol. The highest BCUT2D eigenvalue weighted by molar-refractivity contribution is 7.92. The minimum Gasteiger partial charge on any atom is -0.494 e. The molecule has 0 aliphatic carbocycles. The molecule has 0 aliphatic rings. The number of rotatable bonds is 9. The van der Waals surface area contributed by atoms with Crippen molar-refractivity contribution in [1.82, 2.24) is 4.98 Å². The number of carbonyl (C=O) groups excluding carboxylic acids is 1. The van der Waals surface area contributed by atoms with E-state index >= 15 is 0 Å². The number of hydrazone groups is 1. The Morgan fingerprint density at radius 3 is 2.39 bits per heavy atom. The van der Waals surface area contributed by atoms with Gasteiger partial charge in [-0.1, -0.05) is 29.5 Å². The van der Waals surface area contributed by atoms with Gasteiger partial charge >= 0.3 is 0 Å². The molecule has 0 aliphatic heterocycles. The summed E-state index contributed by atoms with van der Waals surface area (Å²) in [6, 6.07) is 25.7. The SMILES string of the molecule is CCOc1ccc(/C=N/N(C(=O)c2ccc(S(=O)(=O)N(C)c3ccccc3)cc2)c2nc3ccc(F)cc3s2)cc1. The van der Waals surface area contributed by atoms with Crippen molar-refractivity contribution >= 4 is 54.5 Å². The second-order valence-corrected chi connectivity index (χ2v) is 11.8. The number of halogens is 1. The summed E-state index contributed by atoms with van der Waals surface area (Å²) in [5.41, 5.74) is 1.94. The average Bonchev–Trinajstić information content (AvgIpc) is 3.41. The van der Waals surface area contributed by atoms with Gasteiger partial charge in [0.15, 0.2) is 0 Å². The number of fused-ring (bicyclic) bond motifs is 1. The van der Waals surface area contributed by atoms with Crippen LogP contribution in [0.1, 0.15) is 22.8 Å². The number of amides is 1. The maximum atomic E-state index is 13.8. The van der Waals surface area contributed by atoms with Crippen LogP contribution in [-0.4, -0.2) is 39.2 Å². The maximum absolute atomic E-state index is 13.8. The Hall–Kier alpha value is -4.61. The molecular weight excluding hydrogens is 563 g/mol. The topological polar surface area (TPSA) is 92.2 Å². The number of thiazole rings is 1. The molecule has 8 nitrogen and oxygen atoms in total. The van der Waals surface area contributed by atoms with Crippen molar-refractivity contribution in [2.75, 3.05) is 23.0 Å². The summed E-state index contributed by atoms with van der Waals surface area (Å²) in [5.74, 6) is -0.244. The van der Waals surface area contributed by atoms with Gasteiger partial charge in [0.1, 0.15) is 11.6 Å². The lowest BCUT2D eigenvalue weighted by Crippen LogP contribution is -2.27. The quantitative estimate of drug-likeness (QED) is 0.148. The molecule has 5 aromatic rings. The highest BCUT2D eigenvalue weighted by Crippen LogP contribution is 2.31. The maximum Gasteiger partial charge on any atom is 0.280 e. The van der Waals surface area contributed by atoms with Gasteiger partial charge in [0.2, 0.25) is 5.13 Å². The Morgan fingerprint density at radius 2 is 1.71 bits per heavy atom. The first-order valence-corrected chi connectivity index (χ1v) is 14.8. The highest BCUT2D eigenvalue weighted by atomic mass is 32.2. The van der Waals surface area contributed by atoms with Crippen LogP contribution in [0.5, 0.6) is 5.75 Å². The molecule has 4 aromatic carbocycles. The van der Waals surface area contributed by atoms with Gasteiger partial charge in [0.25, 0.3) is 15.9 Å². The van der Waals surface area contributed by atoms with Crippen LogP contribution < -0.4 is 14.1 Å². The van der Waals surface area contributed by atoms with E-state index in [1.165, 1.54) is 60.0 Å². The zero-order valence-corrected chi connectivity index (χ0v) is 23.8. The molecule has 0 unspecified atom stereocenters. The molecule has 0 saturated carbocycles. The summed E-state index contributed by atoms with van der Waals surface area (Å²) >= 11 is 1.11. The largest absolute Gasteiger partial charge is 0.494 e. The number of anilines is 2. The van der Waals surface area contributed by atoms with Gasteiger partial charge in [-0.3, -0.25) is 9.10 Å². The molecule has 1 heterocycles. The van der Waals surface area contributed by atoms with Gasteiger partial charge in [-0.05, 0) is 91.3 Å². The van der Waals surface area contributed by atoms with E-state index in [-0.39, 0.29) is 15.6 Å². The van der Waals surface area contributed by atoms with Crippen LogP contribution in [0, 0.1) is 5.82 Å². The van der Waals surface area contributed by atoms with Crippen LogP contribution in [-0.2, 0) is 10.0 Å². The summed E-state index contributed by atoms with van der Waals surface area (Å²) in [7, 11) is -2.39. The van der Waals surface area contributed by atoms with Gasteiger partial charge < -0.3 is 4.74 Å². The van der Waals surface area contributed by atoms with Gasteiger partial charge in [-0.25, -0.2) is 17.8 Å². The Kier molecular flexibility index (Phi) is 8.09. The van der Waals surface area contributed by atoms with E-state index in [1.807, 2.05) is 6.92 Å². The third kappa shape index (κ3) is 6.11. The van der Waals surface area contributed by atoms with E-state index in [1.54, 1.807) is 54.6 Å². The van der Waals surface area contributed by atoms with Crippen molar-refractivity contribution in [2.45, 2.75) is 11.8 Å². The lowest BCUT2D eigenvalue weighted by atomic mass is 10.2. The second kappa shape index (κ2) is 11.9. The number of nitrogens with zero attached hydrogens (tertiary/aromatic N) is 4. The number of aromatic nitrogens is 1. The Labute approximate surface area is 241 Å². The molecule has 0 saturated heterocycles. The fourth-order valence-corrected chi connectivity index (χ4v) is 6.08. The Balaban J connectivity index is 1.46. The van der Waals surface area contributed by atoms with Crippen molar-refractivity contribution < 1.29 is 22.3 Å². The number of ether oxygens (including phenoxy) is 1. The van der Waals surface area contributed by atoms with E-state index in [9.17, 15) is 17.6 Å². The van der Waals surface area contributed by atoms with Crippen LogP contribution in [0.3, 0.4) is 0 Å². The third-order valence-corrected chi connectivity index (χ3v) is 8.90. The standard InChI is InChI=1S/C30H25FN4O4S2/c1-3-39-25-14-9-21(10-15-25)20-32-35(30-33-27-18-13-23(31)19-28(27)40-30)29(36)22-11-16-26(17-12-22)41(37,38)34(2)24-7-5-4-6-8-24/h4-20H,3H2,1-2H3/b32-20+. The zero-order chi connectivity index (χ0) is 29.0. The summed E-state index contributed by atoms with van der Waals surface area (Å²) in [6.45, 7) is 2.43. The minimum atomic E-state index is -3.86. The van der Waals surface area contributed by atoms with Crippen LogP contribution >= 0.6 is 11.3 Å². The number of hydrogen-bond acceptors (Lipinski definition) is 7. The summed E-state index contributed by atoms with van der Waals surface area (Å²) in [6.07, 6.45) is 1.51. The molecule has 0 bridgehead atoms. The second-order valence-electron chi connectivity index (χ2n) is 8.80. The summed E-state index contributed by atoms with van der Waals surface area (Å²) < 4.78 is 47.4. The molecule has 1 aromatic heterocycles. The van der Waals surface area contributed by atoms with Gasteiger partial charge in [-0.2, -0.15) is 10.1 Å². The van der Waals surface area contributed by atoms with Crippen molar-refractivity contribution in [1.29, 1.82) is 0 Å². The molecule has 5 rings (SSSR count). The Morgan fingerprint density at radius 1 is 1.00 bits per heavy atom. The predicted octanol–water partition coefficient (Wildman–Crippen LogP) is 6.34. The molecular formula is C30H25FN4O4S2. The molecule has 41 heavy (non-hydrogen) atoms. The highest BCUT2D eigenvalue weighted by Gasteiger charge is 2.24. The lowest BCUT2D eigenvalue weighted by Gasteiger charge is -2.19. The molecule has 0 N–H and O–H groups in total. The molecule has 11 heteroatoms. The first-order chi connectivity index (χ1) is 19.8. The number of sulfonamides is 1. The van der Waals surface area contributed by atoms with E-state index in [0.717, 1.165) is 16.3 Å².